The molecule has 1 saturated heterocycles. The van der Waals surface area contributed by atoms with Gasteiger partial charge in [-0.1, -0.05) is 23.7 Å². The molecular formula is C20H19ClN4O2. The summed E-state index contributed by atoms with van der Waals surface area (Å²) in [7, 11) is 0. The summed E-state index contributed by atoms with van der Waals surface area (Å²) in [4.78, 5) is 34.6. The molecule has 1 atom stereocenters. The number of amides is 2. The Morgan fingerprint density at radius 3 is 2.70 bits per heavy atom. The third kappa shape index (κ3) is 3.80. The molecule has 2 N–H and O–H groups in total. The molecule has 0 radical (unpaired) electrons. The summed E-state index contributed by atoms with van der Waals surface area (Å²) in [6, 6.07) is 14.4. The van der Waals surface area contributed by atoms with Crippen LogP contribution in [0.3, 0.4) is 0 Å². The number of piperidine rings is 1. The van der Waals surface area contributed by atoms with E-state index in [0.29, 0.717) is 29.6 Å². The van der Waals surface area contributed by atoms with E-state index >= 15 is 0 Å². The summed E-state index contributed by atoms with van der Waals surface area (Å²) in [5.74, 6) is -0.0267. The molecule has 1 aliphatic heterocycles. The summed E-state index contributed by atoms with van der Waals surface area (Å²) in [5.41, 5.74) is 2.25. The molecule has 0 bridgehead atoms. The minimum absolute atomic E-state index is 0.0760. The molecule has 1 fully saturated rings. The van der Waals surface area contributed by atoms with Crippen LogP contribution in [0.2, 0.25) is 5.02 Å². The summed E-state index contributed by atoms with van der Waals surface area (Å²) in [6.07, 6.45) is 1.54. The van der Waals surface area contributed by atoms with Gasteiger partial charge in [0.05, 0.1) is 17.0 Å². The number of nitrogens with zero attached hydrogens (tertiary/aromatic N) is 2. The monoisotopic (exact) mass is 382 g/mol. The molecule has 0 aliphatic carbocycles. The number of H-pyrrole nitrogens is 1. The maximum absolute atomic E-state index is 12.7. The summed E-state index contributed by atoms with van der Waals surface area (Å²) >= 11 is 5.89. The van der Waals surface area contributed by atoms with Crippen LogP contribution < -0.4 is 5.32 Å². The molecule has 2 aromatic carbocycles. The van der Waals surface area contributed by atoms with Crippen molar-refractivity contribution < 1.29 is 9.59 Å². The van der Waals surface area contributed by atoms with Gasteiger partial charge in [-0.3, -0.25) is 14.9 Å². The van der Waals surface area contributed by atoms with E-state index in [2.05, 4.69) is 15.3 Å². The lowest BCUT2D eigenvalue weighted by molar-refractivity contribution is -0.121. The Morgan fingerprint density at radius 2 is 1.93 bits per heavy atom. The molecule has 4 rings (SSSR count). The molecule has 27 heavy (non-hydrogen) atoms. The van der Waals surface area contributed by atoms with E-state index in [0.717, 1.165) is 23.9 Å². The fraction of sp³-hybridized carbons (Fsp3) is 0.250. The number of aromatic nitrogens is 2. The van der Waals surface area contributed by atoms with Crippen molar-refractivity contribution in [2.75, 3.05) is 18.4 Å². The SMILES string of the molecule is O=C(Nc1nc2ccccc2[nH]1)[C@@H]1CCCN(C(=O)c2ccc(Cl)cc2)C1. The molecule has 3 aromatic rings. The molecule has 0 saturated carbocycles. The van der Waals surface area contributed by atoms with Crippen LogP contribution in [0.5, 0.6) is 0 Å². The number of aromatic amines is 1. The summed E-state index contributed by atoms with van der Waals surface area (Å²) in [6.45, 7) is 1.05. The van der Waals surface area contributed by atoms with Gasteiger partial charge in [0.15, 0.2) is 0 Å². The highest BCUT2D eigenvalue weighted by atomic mass is 35.5. The van der Waals surface area contributed by atoms with E-state index in [1.54, 1.807) is 29.2 Å². The Balaban J connectivity index is 1.43. The number of carbonyl (C=O) groups is 2. The van der Waals surface area contributed by atoms with Gasteiger partial charge in [-0.15, -0.1) is 0 Å². The molecule has 2 heterocycles. The normalized spacial score (nSPS) is 17.1. The zero-order valence-electron chi connectivity index (χ0n) is 14.6. The Hall–Kier alpha value is -2.86. The molecule has 2 amide bonds. The van der Waals surface area contributed by atoms with Crippen LogP contribution in [-0.4, -0.2) is 39.8 Å². The second kappa shape index (κ2) is 7.40. The summed E-state index contributed by atoms with van der Waals surface area (Å²) in [5, 5.41) is 3.44. The van der Waals surface area contributed by atoms with Gasteiger partial charge in [-0.25, -0.2) is 4.98 Å². The van der Waals surface area contributed by atoms with Gasteiger partial charge < -0.3 is 9.88 Å². The fourth-order valence-electron chi connectivity index (χ4n) is 3.38. The molecule has 1 aromatic heterocycles. The van der Waals surface area contributed by atoms with Gasteiger partial charge in [0.25, 0.3) is 5.91 Å². The number of anilines is 1. The average Bonchev–Trinajstić information content (AvgIpc) is 3.10. The number of hydrogen-bond donors (Lipinski definition) is 2. The number of halogens is 1. The van der Waals surface area contributed by atoms with Crippen molar-refractivity contribution in [3.05, 3.63) is 59.1 Å². The minimum Gasteiger partial charge on any atom is -0.338 e. The van der Waals surface area contributed by atoms with Crippen molar-refractivity contribution in [2.24, 2.45) is 5.92 Å². The van der Waals surface area contributed by atoms with E-state index < -0.39 is 0 Å². The molecule has 0 spiro atoms. The van der Waals surface area contributed by atoms with Crippen LogP contribution in [0.1, 0.15) is 23.2 Å². The maximum atomic E-state index is 12.7. The van der Waals surface area contributed by atoms with Crippen LogP contribution >= 0.6 is 11.6 Å². The highest BCUT2D eigenvalue weighted by molar-refractivity contribution is 6.30. The van der Waals surface area contributed by atoms with Crippen LogP contribution in [0, 0.1) is 5.92 Å². The first-order valence-corrected chi connectivity index (χ1v) is 9.28. The second-order valence-electron chi connectivity index (χ2n) is 6.69. The highest BCUT2D eigenvalue weighted by Gasteiger charge is 2.29. The lowest BCUT2D eigenvalue weighted by Crippen LogP contribution is -2.43. The van der Waals surface area contributed by atoms with Crippen molar-refractivity contribution in [2.45, 2.75) is 12.8 Å². The van der Waals surface area contributed by atoms with Crippen molar-refractivity contribution in [1.82, 2.24) is 14.9 Å². The molecule has 1 aliphatic rings. The third-order valence-corrected chi connectivity index (χ3v) is 5.05. The van der Waals surface area contributed by atoms with Crippen LogP contribution in [-0.2, 0) is 4.79 Å². The molecule has 0 unspecified atom stereocenters. The second-order valence-corrected chi connectivity index (χ2v) is 7.13. The number of benzene rings is 2. The third-order valence-electron chi connectivity index (χ3n) is 4.80. The number of imidazole rings is 1. The number of fused-ring (bicyclic) bond motifs is 1. The zero-order chi connectivity index (χ0) is 18.8. The smallest absolute Gasteiger partial charge is 0.253 e. The van der Waals surface area contributed by atoms with E-state index in [-0.39, 0.29) is 17.7 Å². The van der Waals surface area contributed by atoms with Gasteiger partial charge in [-0.2, -0.15) is 0 Å². The number of likely N-dealkylation sites (tertiary alicyclic amines) is 1. The molecule has 7 heteroatoms. The predicted octanol–water partition coefficient (Wildman–Crippen LogP) is 3.71. The van der Waals surface area contributed by atoms with Crippen LogP contribution in [0.25, 0.3) is 11.0 Å². The largest absolute Gasteiger partial charge is 0.338 e. The number of rotatable bonds is 3. The Bertz CT molecular complexity index is 950. The van der Waals surface area contributed by atoms with Crippen molar-refractivity contribution in [1.29, 1.82) is 0 Å². The number of nitrogens with one attached hydrogen (secondary N) is 2. The van der Waals surface area contributed by atoms with Gasteiger partial charge in [0, 0.05) is 23.7 Å². The van der Waals surface area contributed by atoms with Gasteiger partial charge in [0.2, 0.25) is 11.9 Å². The highest BCUT2D eigenvalue weighted by Crippen LogP contribution is 2.21. The molecular weight excluding hydrogens is 364 g/mol. The van der Waals surface area contributed by atoms with Gasteiger partial charge in [0.1, 0.15) is 0 Å². The lowest BCUT2D eigenvalue weighted by atomic mass is 9.96. The molecule has 6 nitrogen and oxygen atoms in total. The van der Waals surface area contributed by atoms with Gasteiger partial charge >= 0.3 is 0 Å². The molecule has 138 valence electrons. The Kier molecular flexibility index (Phi) is 4.81. The lowest BCUT2D eigenvalue weighted by Gasteiger charge is -2.32. The Labute approximate surface area is 161 Å². The van der Waals surface area contributed by atoms with Crippen molar-refractivity contribution in [3.8, 4) is 0 Å². The van der Waals surface area contributed by atoms with Crippen LogP contribution in [0.4, 0.5) is 5.95 Å². The maximum Gasteiger partial charge on any atom is 0.253 e. The standard InChI is InChI=1S/C20H19ClN4O2/c21-15-9-7-13(8-10-15)19(27)25-11-3-4-14(12-25)18(26)24-20-22-16-5-1-2-6-17(16)23-20/h1-2,5-10,14H,3-4,11-12H2,(H2,22,23,24,26)/t14-/m1/s1. The van der Waals surface area contributed by atoms with E-state index in [9.17, 15) is 9.59 Å². The van der Waals surface area contributed by atoms with Crippen molar-refractivity contribution >= 4 is 40.4 Å². The van der Waals surface area contributed by atoms with Crippen LogP contribution in [0.15, 0.2) is 48.5 Å². The fourth-order valence-corrected chi connectivity index (χ4v) is 3.51. The predicted molar refractivity (Wildman–Crippen MR) is 105 cm³/mol. The van der Waals surface area contributed by atoms with Crippen molar-refractivity contribution in [3.63, 3.8) is 0 Å². The summed E-state index contributed by atoms with van der Waals surface area (Å²) < 4.78 is 0. The number of hydrogen-bond acceptors (Lipinski definition) is 3. The topological polar surface area (TPSA) is 78.1 Å². The zero-order valence-corrected chi connectivity index (χ0v) is 15.4. The minimum atomic E-state index is -0.261. The van der Waals surface area contributed by atoms with Gasteiger partial charge in [-0.05, 0) is 49.2 Å². The number of carbonyl (C=O) groups excluding carboxylic acids is 2. The number of para-hydroxylation sites is 2. The average molecular weight is 383 g/mol. The Morgan fingerprint density at radius 1 is 1.15 bits per heavy atom. The first-order valence-electron chi connectivity index (χ1n) is 8.90. The van der Waals surface area contributed by atoms with E-state index in [1.165, 1.54) is 0 Å². The first-order chi connectivity index (χ1) is 13.1. The quantitative estimate of drug-likeness (QED) is 0.724. The first kappa shape index (κ1) is 17.5. The van der Waals surface area contributed by atoms with E-state index in [1.807, 2.05) is 24.3 Å². The van der Waals surface area contributed by atoms with E-state index in [4.69, 9.17) is 11.6 Å².